The third-order valence-electron chi connectivity index (χ3n) is 7.74. The standard InChI is InChI=1S/C25H25ClF2N2O5S/c26-18-11-19(27)17(10-20(18)28)22(13-4-5-13)25-12-15(25)9-21(23(29)32)30(25)24(33)14-2-1-3-16(8-14)36(34,35)7-6-31/h1-3,8,10-11,13,15,21-22,31H,4-7,9,12H2,(H2,29,32)/t15?,21?,22-,25?/m1/s1. The van der Waals surface area contributed by atoms with E-state index in [1.54, 1.807) is 0 Å². The van der Waals surface area contributed by atoms with Crippen LogP contribution in [0.4, 0.5) is 8.78 Å². The van der Waals surface area contributed by atoms with Crippen LogP contribution in [0.2, 0.25) is 5.02 Å². The average Bonchev–Trinajstić information content (AvgIpc) is 3.75. The molecule has 2 amide bonds. The first-order chi connectivity index (χ1) is 17.0. The second-order valence-electron chi connectivity index (χ2n) is 9.89. The third kappa shape index (κ3) is 3.99. The Morgan fingerprint density at radius 1 is 1.19 bits per heavy atom. The molecule has 1 heterocycles. The van der Waals surface area contributed by atoms with Gasteiger partial charge in [0.05, 0.1) is 27.8 Å². The van der Waals surface area contributed by atoms with Gasteiger partial charge in [0.15, 0.2) is 9.84 Å². The number of nitrogens with two attached hydrogens (primary N) is 1. The summed E-state index contributed by atoms with van der Waals surface area (Å²) in [6, 6.07) is 6.43. The number of hydrogen-bond donors (Lipinski definition) is 2. The average molecular weight is 539 g/mol. The molecule has 2 aromatic rings. The molecule has 0 radical (unpaired) electrons. The highest BCUT2D eigenvalue weighted by Crippen LogP contribution is 2.69. The molecule has 2 aliphatic carbocycles. The van der Waals surface area contributed by atoms with Crippen LogP contribution in [0.15, 0.2) is 41.3 Å². The molecule has 1 aliphatic heterocycles. The number of aliphatic hydroxyl groups is 1. The lowest BCUT2D eigenvalue weighted by Crippen LogP contribution is -2.53. The molecule has 2 aromatic carbocycles. The van der Waals surface area contributed by atoms with Crippen LogP contribution in [-0.2, 0) is 14.6 Å². The molecular formula is C25H25ClF2N2O5S. The fourth-order valence-electron chi connectivity index (χ4n) is 6.02. The van der Waals surface area contributed by atoms with Gasteiger partial charge in [0, 0.05) is 11.5 Å². The summed E-state index contributed by atoms with van der Waals surface area (Å²) in [5, 5.41) is 8.76. The van der Waals surface area contributed by atoms with Crippen molar-refractivity contribution in [3.63, 3.8) is 0 Å². The SMILES string of the molecule is NC(=O)C1CC2CC2([C@@H](c2cc(F)c(Cl)cc2F)C2CC2)N1C(=O)c1cccc(S(=O)(=O)CCO)c1. The third-order valence-corrected chi connectivity index (χ3v) is 9.72. The zero-order valence-corrected chi connectivity index (χ0v) is 20.7. The summed E-state index contributed by atoms with van der Waals surface area (Å²) in [5.41, 5.74) is 4.88. The summed E-state index contributed by atoms with van der Waals surface area (Å²) < 4.78 is 54.5. The van der Waals surface area contributed by atoms with E-state index in [9.17, 15) is 22.4 Å². The van der Waals surface area contributed by atoms with Gasteiger partial charge in [-0.2, -0.15) is 0 Å². The van der Waals surface area contributed by atoms with E-state index in [0.29, 0.717) is 12.8 Å². The maximum atomic E-state index is 15.1. The van der Waals surface area contributed by atoms with E-state index in [0.717, 1.165) is 25.0 Å². The van der Waals surface area contributed by atoms with Gasteiger partial charge in [-0.25, -0.2) is 17.2 Å². The highest BCUT2D eigenvalue weighted by atomic mass is 35.5. The summed E-state index contributed by atoms with van der Waals surface area (Å²) in [6.45, 7) is -0.576. The van der Waals surface area contributed by atoms with Gasteiger partial charge in [0.1, 0.15) is 17.7 Å². The van der Waals surface area contributed by atoms with Crippen LogP contribution in [0.25, 0.3) is 0 Å². The Bertz CT molecular complexity index is 1370. The fraction of sp³-hybridized carbons (Fsp3) is 0.440. The summed E-state index contributed by atoms with van der Waals surface area (Å²) in [4.78, 5) is 27.6. The Balaban J connectivity index is 1.60. The monoisotopic (exact) mass is 538 g/mol. The second-order valence-corrected chi connectivity index (χ2v) is 12.4. The Labute approximate surface area is 212 Å². The molecule has 7 nitrogen and oxygen atoms in total. The lowest BCUT2D eigenvalue weighted by molar-refractivity contribution is -0.122. The number of piperidine rings is 1. The largest absolute Gasteiger partial charge is 0.395 e. The minimum absolute atomic E-state index is 0.0109. The molecule has 0 aromatic heterocycles. The predicted molar refractivity (Wildman–Crippen MR) is 127 cm³/mol. The quantitative estimate of drug-likeness (QED) is 0.501. The predicted octanol–water partition coefficient (Wildman–Crippen LogP) is 3.04. The number of sulfone groups is 1. The zero-order chi connectivity index (χ0) is 26.0. The smallest absolute Gasteiger partial charge is 0.255 e. The number of primary amides is 1. The lowest BCUT2D eigenvalue weighted by atomic mass is 9.82. The summed E-state index contributed by atoms with van der Waals surface area (Å²) >= 11 is 5.78. The van der Waals surface area contributed by atoms with Gasteiger partial charge in [0.25, 0.3) is 5.91 Å². The molecule has 1 saturated heterocycles. The highest BCUT2D eigenvalue weighted by molar-refractivity contribution is 7.91. The zero-order valence-electron chi connectivity index (χ0n) is 19.2. The van der Waals surface area contributed by atoms with E-state index in [2.05, 4.69) is 0 Å². The van der Waals surface area contributed by atoms with Crippen LogP contribution < -0.4 is 5.73 Å². The summed E-state index contributed by atoms with van der Waals surface area (Å²) in [5.74, 6) is -3.97. The number of rotatable bonds is 8. The first-order valence-corrected chi connectivity index (χ1v) is 13.8. The molecule has 5 rings (SSSR count). The number of nitrogens with zero attached hydrogens (tertiary/aromatic N) is 1. The van der Waals surface area contributed by atoms with Crippen molar-refractivity contribution in [3.8, 4) is 0 Å². The van der Waals surface area contributed by atoms with Crippen LogP contribution in [-0.4, -0.2) is 54.2 Å². The van der Waals surface area contributed by atoms with Crippen molar-refractivity contribution in [3.05, 3.63) is 64.2 Å². The molecule has 36 heavy (non-hydrogen) atoms. The Kier molecular flexibility index (Phi) is 6.12. The number of carbonyl (C=O) groups is 2. The lowest BCUT2D eigenvalue weighted by Gasteiger charge is -2.39. The van der Waals surface area contributed by atoms with Crippen molar-refractivity contribution in [1.29, 1.82) is 0 Å². The van der Waals surface area contributed by atoms with Crippen molar-refractivity contribution in [2.24, 2.45) is 17.6 Å². The van der Waals surface area contributed by atoms with Crippen LogP contribution in [0.1, 0.15) is 47.5 Å². The Morgan fingerprint density at radius 3 is 2.56 bits per heavy atom. The normalized spacial score (nSPS) is 25.9. The van der Waals surface area contributed by atoms with E-state index in [1.807, 2.05) is 0 Å². The molecule has 3 unspecified atom stereocenters. The number of amides is 2. The molecule has 3 aliphatic rings. The van der Waals surface area contributed by atoms with Crippen molar-refractivity contribution < 1.29 is 31.9 Å². The van der Waals surface area contributed by atoms with Gasteiger partial charge in [-0.05, 0) is 73.4 Å². The van der Waals surface area contributed by atoms with Gasteiger partial charge >= 0.3 is 0 Å². The van der Waals surface area contributed by atoms with E-state index in [4.69, 9.17) is 22.4 Å². The van der Waals surface area contributed by atoms with Gasteiger partial charge in [-0.1, -0.05) is 17.7 Å². The molecular weight excluding hydrogens is 514 g/mol. The molecule has 2 saturated carbocycles. The molecule has 3 N–H and O–H groups in total. The first-order valence-electron chi connectivity index (χ1n) is 11.7. The number of halogens is 3. The minimum atomic E-state index is -3.83. The van der Waals surface area contributed by atoms with E-state index in [1.165, 1.54) is 29.2 Å². The maximum absolute atomic E-state index is 15.1. The van der Waals surface area contributed by atoms with Crippen LogP contribution in [0.5, 0.6) is 0 Å². The van der Waals surface area contributed by atoms with Gasteiger partial charge in [0.2, 0.25) is 5.91 Å². The first kappa shape index (κ1) is 25.1. The summed E-state index contributed by atoms with van der Waals surface area (Å²) in [6.07, 6.45) is 2.32. The molecule has 0 spiro atoms. The van der Waals surface area contributed by atoms with Crippen molar-refractivity contribution in [1.82, 2.24) is 4.90 Å². The van der Waals surface area contributed by atoms with Crippen molar-refractivity contribution in [2.75, 3.05) is 12.4 Å². The van der Waals surface area contributed by atoms with Crippen molar-refractivity contribution >= 4 is 33.3 Å². The summed E-state index contributed by atoms with van der Waals surface area (Å²) in [7, 11) is -3.83. The number of hydrogen-bond acceptors (Lipinski definition) is 5. The van der Waals surface area contributed by atoms with E-state index < -0.39 is 63.1 Å². The molecule has 192 valence electrons. The number of benzene rings is 2. The minimum Gasteiger partial charge on any atom is -0.395 e. The molecule has 11 heteroatoms. The molecule has 3 fully saturated rings. The second kappa shape index (κ2) is 8.78. The fourth-order valence-corrected chi connectivity index (χ4v) is 7.24. The van der Waals surface area contributed by atoms with Gasteiger partial charge < -0.3 is 15.7 Å². The van der Waals surface area contributed by atoms with E-state index >= 15 is 4.39 Å². The maximum Gasteiger partial charge on any atom is 0.255 e. The Hall–Kier alpha value is -2.56. The van der Waals surface area contributed by atoms with Crippen molar-refractivity contribution in [2.45, 2.75) is 48.1 Å². The Morgan fingerprint density at radius 2 is 1.92 bits per heavy atom. The number of likely N-dealkylation sites (tertiary alicyclic amines) is 1. The van der Waals surface area contributed by atoms with E-state index in [-0.39, 0.29) is 32.9 Å². The number of aliphatic hydroxyl groups excluding tert-OH is 1. The number of carbonyl (C=O) groups excluding carboxylic acids is 2. The number of fused-ring (bicyclic) bond motifs is 1. The molecule has 4 atom stereocenters. The van der Waals surface area contributed by atoms with Crippen LogP contribution in [0.3, 0.4) is 0 Å². The van der Waals surface area contributed by atoms with Crippen LogP contribution in [0, 0.1) is 23.5 Å². The van der Waals surface area contributed by atoms with Gasteiger partial charge in [-0.15, -0.1) is 0 Å². The topological polar surface area (TPSA) is 118 Å². The highest BCUT2D eigenvalue weighted by Gasteiger charge is 2.73. The van der Waals surface area contributed by atoms with Crippen LogP contribution >= 0.6 is 11.6 Å². The van der Waals surface area contributed by atoms with Gasteiger partial charge in [-0.3, -0.25) is 9.59 Å². The molecule has 0 bridgehead atoms.